The van der Waals surface area contributed by atoms with Crippen LogP contribution >= 0.6 is 0 Å². The molecule has 22 heavy (non-hydrogen) atoms. The van der Waals surface area contributed by atoms with Crippen molar-refractivity contribution in [3.8, 4) is 0 Å². The summed E-state index contributed by atoms with van der Waals surface area (Å²) in [6.45, 7) is 3.53. The third-order valence-corrected chi connectivity index (χ3v) is 3.12. The number of para-hydroxylation sites is 1. The van der Waals surface area contributed by atoms with Crippen LogP contribution in [0.1, 0.15) is 16.1 Å². The number of hydrogen-bond acceptors (Lipinski definition) is 5. The molecule has 1 aromatic carbocycles. The number of carbonyl (C=O) groups is 1. The van der Waals surface area contributed by atoms with E-state index in [9.17, 15) is 4.79 Å². The number of benzene rings is 1. The van der Waals surface area contributed by atoms with Gasteiger partial charge in [0.25, 0.3) is 5.91 Å². The van der Waals surface area contributed by atoms with Gasteiger partial charge in [0.15, 0.2) is 0 Å². The molecule has 6 heteroatoms. The summed E-state index contributed by atoms with van der Waals surface area (Å²) in [5.74, 6) is 0.214. The molecule has 0 unspecified atom stereocenters. The Balaban J connectivity index is 2.02. The molecule has 1 amide bonds. The maximum atomic E-state index is 12.3. The van der Waals surface area contributed by atoms with Crippen molar-refractivity contribution in [2.24, 2.45) is 0 Å². The average Bonchev–Trinajstić information content (AvgIpc) is 2.49. The van der Waals surface area contributed by atoms with Crippen LogP contribution in [0.2, 0.25) is 0 Å². The molecule has 0 spiro atoms. The molecule has 0 radical (unpaired) electrons. The molecule has 0 aliphatic heterocycles. The van der Waals surface area contributed by atoms with Gasteiger partial charge in [0.1, 0.15) is 5.69 Å². The average molecular weight is 299 g/mol. The Morgan fingerprint density at radius 1 is 1.23 bits per heavy atom. The molecular formula is C16H21N5O. The van der Waals surface area contributed by atoms with E-state index < -0.39 is 0 Å². The summed E-state index contributed by atoms with van der Waals surface area (Å²) in [5.41, 5.74) is 2.13. The maximum Gasteiger partial charge on any atom is 0.274 e. The Morgan fingerprint density at radius 2 is 2.00 bits per heavy atom. The number of amides is 1. The van der Waals surface area contributed by atoms with E-state index in [1.807, 2.05) is 45.3 Å². The highest BCUT2D eigenvalue weighted by molar-refractivity contribution is 6.03. The number of nitrogens with zero attached hydrogens (tertiary/aromatic N) is 3. The van der Waals surface area contributed by atoms with Crippen LogP contribution in [0.3, 0.4) is 0 Å². The number of aryl methyl sites for hydroxylation is 1. The highest BCUT2D eigenvalue weighted by Gasteiger charge is 2.10. The van der Waals surface area contributed by atoms with Crippen molar-refractivity contribution in [2.45, 2.75) is 6.92 Å². The molecule has 0 aliphatic rings. The molecule has 0 atom stereocenters. The lowest BCUT2D eigenvalue weighted by atomic mass is 10.2. The number of nitrogens with one attached hydrogen (secondary N) is 2. The molecule has 0 fully saturated rings. The van der Waals surface area contributed by atoms with E-state index >= 15 is 0 Å². The number of hydrogen-bond donors (Lipinski definition) is 2. The van der Waals surface area contributed by atoms with Crippen molar-refractivity contribution < 1.29 is 4.79 Å². The summed E-state index contributed by atoms with van der Waals surface area (Å²) in [5, 5.41) is 5.97. The fourth-order valence-electron chi connectivity index (χ4n) is 1.86. The Labute approximate surface area is 130 Å². The van der Waals surface area contributed by atoms with Gasteiger partial charge >= 0.3 is 0 Å². The van der Waals surface area contributed by atoms with E-state index in [1.54, 1.807) is 12.3 Å². The first-order valence-corrected chi connectivity index (χ1v) is 7.15. The largest absolute Gasteiger partial charge is 0.353 e. The minimum atomic E-state index is -0.243. The monoisotopic (exact) mass is 299 g/mol. The molecule has 1 aromatic heterocycles. The summed E-state index contributed by atoms with van der Waals surface area (Å²) in [6, 6.07) is 9.23. The van der Waals surface area contributed by atoms with Gasteiger partial charge in [-0.2, -0.15) is 0 Å². The minimum Gasteiger partial charge on any atom is -0.353 e. The van der Waals surface area contributed by atoms with Crippen molar-refractivity contribution in [1.82, 2.24) is 14.9 Å². The van der Waals surface area contributed by atoms with E-state index in [1.165, 1.54) is 0 Å². The summed E-state index contributed by atoms with van der Waals surface area (Å²) in [7, 11) is 3.99. The first-order chi connectivity index (χ1) is 10.6. The predicted octanol–water partition coefficient (Wildman–Crippen LogP) is 2.01. The topological polar surface area (TPSA) is 70.2 Å². The van der Waals surface area contributed by atoms with E-state index in [4.69, 9.17) is 0 Å². The number of likely N-dealkylation sites (N-methyl/N-ethyl adjacent to an activating group) is 1. The summed E-state index contributed by atoms with van der Waals surface area (Å²) >= 11 is 0. The van der Waals surface area contributed by atoms with Crippen molar-refractivity contribution in [1.29, 1.82) is 0 Å². The summed E-state index contributed by atoms with van der Waals surface area (Å²) in [6.07, 6.45) is 1.58. The van der Waals surface area contributed by atoms with Crippen molar-refractivity contribution in [2.75, 3.05) is 37.8 Å². The molecular weight excluding hydrogens is 278 g/mol. The van der Waals surface area contributed by atoms with Gasteiger partial charge in [0, 0.05) is 25.0 Å². The second-order valence-corrected chi connectivity index (χ2v) is 5.26. The fourth-order valence-corrected chi connectivity index (χ4v) is 1.86. The fraction of sp³-hybridized carbons (Fsp3) is 0.312. The number of carbonyl (C=O) groups excluding carboxylic acids is 1. The van der Waals surface area contributed by atoms with Crippen LogP contribution in [0.5, 0.6) is 0 Å². The Hall–Kier alpha value is -2.47. The third-order valence-electron chi connectivity index (χ3n) is 3.12. The highest BCUT2D eigenvalue weighted by Crippen LogP contribution is 2.14. The van der Waals surface area contributed by atoms with Gasteiger partial charge in [0.2, 0.25) is 5.95 Å². The second kappa shape index (κ2) is 7.51. The van der Waals surface area contributed by atoms with Crippen LogP contribution < -0.4 is 10.6 Å². The number of aromatic nitrogens is 2. The standard InChI is InChI=1S/C16H21N5O/c1-12-6-4-5-7-13(12)19-15(22)14-8-9-17-16(20-14)18-10-11-21(2)3/h4-9H,10-11H2,1-3H3,(H,19,22)(H,17,18,20). The van der Waals surface area contributed by atoms with Crippen LogP contribution in [-0.2, 0) is 0 Å². The molecule has 2 N–H and O–H groups in total. The third kappa shape index (κ3) is 4.53. The Morgan fingerprint density at radius 3 is 2.73 bits per heavy atom. The zero-order chi connectivity index (χ0) is 15.9. The molecule has 0 aliphatic carbocycles. The van der Waals surface area contributed by atoms with Crippen molar-refractivity contribution in [3.05, 3.63) is 47.8 Å². The minimum absolute atomic E-state index is 0.243. The van der Waals surface area contributed by atoms with Gasteiger partial charge in [-0.25, -0.2) is 9.97 Å². The lowest BCUT2D eigenvalue weighted by molar-refractivity contribution is 0.102. The van der Waals surface area contributed by atoms with E-state index in [-0.39, 0.29) is 5.91 Å². The molecule has 1 heterocycles. The molecule has 2 rings (SSSR count). The van der Waals surface area contributed by atoms with Gasteiger partial charge in [0.05, 0.1) is 0 Å². The Kier molecular flexibility index (Phi) is 5.43. The van der Waals surface area contributed by atoms with Crippen molar-refractivity contribution in [3.63, 3.8) is 0 Å². The van der Waals surface area contributed by atoms with Crippen LogP contribution in [0.25, 0.3) is 0 Å². The molecule has 6 nitrogen and oxygen atoms in total. The lowest BCUT2D eigenvalue weighted by Crippen LogP contribution is -2.22. The predicted molar refractivity (Wildman–Crippen MR) is 88.2 cm³/mol. The molecule has 0 bridgehead atoms. The molecule has 0 saturated heterocycles. The quantitative estimate of drug-likeness (QED) is 0.854. The molecule has 2 aromatic rings. The SMILES string of the molecule is Cc1ccccc1NC(=O)c1ccnc(NCCN(C)C)n1. The van der Waals surface area contributed by atoms with Gasteiger partial charge < -0.3 is 15.5 Å². The zero-order valence-electron chi connectivity index (χ0n) is 13.1. The number of anilines is 2. The zero-order valence-corrected chi connectivity index (χ0v) is 13.1. The highest BCUT2D eigenvalue weighted by atomic mass is 16.1. The smallest absolute Gasteiger partial charge is 0.274 e. The summed E-state index contributed by atoms with van der Waals surface area (Å²) < 4.78 is 0. The normalized spacial score (nSPS) is 10.5. The molecule has 0 saturated carbocycles. The second-order valence-electron chi connectivity index (χ2n) is 5.26. The van der Waals surface area contributed by atoms with Gasteiger partial charge in [-0.15, -0.1) is 0 Å². The first-order valence-electron chi connectivity index (χ1n) is 7.15. The lowest BCUT2D eigenvalue weighted by Gasteiger charge is -2.11. The maximum absolute atomic E-state index is 12.3. The van der Waals surface area contributed by atoms with Gasteiger partial charge in [-0.3, -0.25) is 4.79 Å². The number of rotatable bonds is 6. The summed E-state index contributed by atoms with van der Waals surface area (Å²) in [4.78, 5) is 22.7. The van der Waals surface area contributed by atoms with Gasteiger partial charge in [-0.05, 0) is 38.7 Å². The van der Waals surface area contributed by atoms with Crippen LogP contribution in [0, 0.1) is 6.92 Å². The molecule has 116 valence electrons. The van der Waals surface area contributed by atoms with Crippen LogP contribution in [0.15, 0.2) is 36.5 Å². The van der Waals surface area contributed by atoms with E-state index in [0.29, 0.717) is 11.6 Å². The van der Waals surface area contributed by atoms with E-state index in [2.05, 4.69) is 25.5 Å². The van der Waals surface area contributed by atoms with Crippen LogP contribution in [0.4, 0.5) is 11.6 Å². The van der Waals surface area contributed by atoms with Gasteiger partial charge in [-0.1, -0.05) is 18.2 Å². The Bertz CT molecular complexity index is 642. The van der Waals surface area contributed by atoms with Crippen LogP contribution in [-0.4, -0.2) is 48.0 Å². The first kappa shape index (κ1) is 15.9. The van der Waals surface area contributed by atoms with E-state index in [0.717, 1.165) is 24.3 Å². The van der Waals surface area contributed by atoms with Crippen molar-refractivity contribution >= 4 is 17.5 Å².